The topological polar surface area (TPSA) is 148 Å². The van der Waals surface area contributed by atoms with Gasteiger partial charge in [-0.1, -0.05) is 162 Å². The summed E-state index contributed by atoms with van der Waals surface area (Å²) in [5.41, 5.74) is 4.36. The molecule has 434 valence electrons. The molecule has 0 heterocycles. The minimum absolute atomic E-state index is 0. The summed E-state index contributed by atoms with van der Waals surface area (Å²) < 4.78 is 6.22. The zero-order chi connectivity index (χ0) is 54.7. The van der Waals surface area contributed by atoms with Gasteiger partial charge in [-0.3, -0.25) is 4.79 Å². The van der Waals surface area contributed by atoms with Crippen molar-refractivity contribution in [3.63, 3.8) is 0 Å². The first kappa shape index (κ1) is 84.6. The van der Waals surface area contributed by atoms with Crippen molar-refractivity contribution in [3.05, 3.63) is 120 Å². The Bertz CT molecular complexity index is 2210. The molecule has 15 heteroatoms. The third-order valence-corrected chi connectivity index (χ3v) is 20.8. The molecule has 8 rings (SSSR count). The monoisotopic (exact) mass is 1580 g/mol. The quantitative estimate of drug-likeness (QED) is 0.0719. The number of Topliss-reactive ketones (excluding diaryl/α,β-unsaturated/α-hetero) is 1. The largest absolute Gasteiger partial charge is 0.390 e. The number of carbonyl (C=O) groups excluding carboxylic acids is 1. The van der Waals surface area contributed by atoms with Gasteiger partial charge in [0, 0.05) is 219 Å². The fourth-order valence-corrected chi connectivity index (χ4v) is 16.3. The molecule has 0 spiro atoms. The third-order valence-electron chi connectivity index (χ3n) is 18.9. The Morgan fingerprint density at radius 3 is 1.43 bits per heavy atom. The van der Waals surface area contributed by atoms with Crippen LogP contribution in [0.25, 0.3) is 0 Å². The molecule has 0 saturated heterocycles. The first-order valence-electron chi connectivity index (χ1n) is 29.1. The summed E-state index contributed by atoms with van der Waals surface area (Å²) in [6.45, 7) is 25.3. The Labute approximate surface area is 643 Å². The van der Waals surface area contributed by atoms with Gasteiger partial charge in [-0.05, 0) is 176 Å². The van der Waals surface area contributed by atoms with Crippen molar-refractivity contribution in [3.8, 4) is 0 Å². The van der Waals surface area contributed by atoms with Crippen LogP contribution in [0.1, 0.15) is 184 Å². The van der Waals surface area contributed by atoms with Gasteiger partial charge >= 0.3 is 0 Å². The zero-order valence-electron chi connectivity index (χ0n) is 51.0. The molecule has 0 amide bonds. The molecule has 0 aliphatic heterocycles. The Morgan fingerprint density at radius 2 is 1.00 bits per heavy atom. The van der Waals surface area contributed by atoms with Crippen LogP contribution >= 0.6 is 8.15 Å². The molecule has 8 nitrogen and oxygen atoms in total. The molecular formula is C66H99O8PY6. The average molecular weight is 1580 g/mol. The Balaban J connectivity index is 0.00000116. The van der Waals surface area contributed by atoms with Crippen LogP contribution in [0, 0.1) is 46.3 Å². The van der Waals surface area contributed by atoms with E-state index < -0.39 is 43.8 Å². The standard InChI is InChI=1S/C27H44O3.C21H23O3P.C18H32O2.6Y/c1-18(8-6-14-26(3,4)30)22-12-13-23-21(9-7-15-27(22,23)5)11-10-20-16-24(28)19(2)25(29)17-20;1-16-20(22)14-17(15-21(16)23)12-13-24-25(18-8-4-2-5-9-18)19-10-6-3-7-11-19;1-13(7-5-11-17(2,3)20)14-9-10-15-16(19)8-6-12-18(14,15)4;;;;;;/h10-11,18,22-25,28-30H,2,6-9,12-17H2,1,3-5H3;2-12,20-23H,1,13-15H2;13-15,20H,5-12H2,1-4H3;;;;;;/b21-11+;;;;;;;;/t18-,22?,23-,24+,25+,27+;20-,21-;13-,14?,15-,18+;;;;;;/m010....../s1. The number of aliphatic hydroxyl groups is 6. The van der Waals surface area contributed by atoms with Gasteiger partial charge in [0.15, 0.2) is 0 Å². The van der Waals surface area contributed by atoms with E-state index in [0.717, 1.165) is 62.0 Å². The van der Waals surface area contributed by atoms with Crippen LogP contribution in [0.5, 0.6) is 0 Å². The fraction of sp³-hybridized carbons (Fsp3) is 0.652. The predicted octanol–water partition coefficient (Wildman–Crippen LogP) is 13.1. The van der Waals surface area contributed by atoms with Crippen molar-refractivity contribution in [2.45, 2.75) is 219 Å². The number of rotatable bonds is 16. The van der Waals surface area contributed by atoms with Crippen molar-refractivity contribution >= 4 is 24.5 Å². The number of benzene rings is 2. The molecule has 2 aromatic rings. The number of hydrogen-bond acceptors (Lipinski definition) is 8. The van der Waals surface area contributed by atoms with Crippen molar-refractivity contribution in [1.29, 1.82) is 0 Å². The van der Waals surface area contributed by atoms with E-state index in [9.17, 15) is 35.4 Å². The van der Waals surface area contributed by atoms with Crippen LogP contribution < -0.4 is 10.6 Å². The summed E-state index contributed by atoms with van der Waals surface area (Å²) in [7, 11) is -0.896. The Hall–Kier alpha value is 3.58. The van der Waals surface area contributed by atoms with Crippen LogP contribution in [0.2, 0.25) is 0 Å². The molecule has 12 atom stereocenters. The second-order valence-corrected chi connectivity index (χ2v) is 27.6. The van der Waals surface area contributed by atoms with E-state index in [-0.39, 0.29) is 202 Å². The second kappa shape index (κ2) is 39.9. The maximum atomic E-state index is 12.2. The molecule has 6 N–H and O–H groups in total. The summed E-state index contributed by atoms with van der Waals surface area (Å²) in [4.78, 5) is 12.2. The number of allylic oxidation sites excluding steroid dienone is 3. The number of ketones is 1. The summed E-state index contributed by atoms with van der Waals surface area (Å²) in [5, 5.41) is 62.3. The van der Waals surface area contributed by atoms with E-state index in [1.54, 1.807) is 5.57 Å². The van der Waals surface area contributed by atoms with Gasteiger partial charge in [0.05, 0.1) is 50.4 Å². The molecule has 2 aromatic carbocycles. The smallest absolute Gasteiger partial charge is 0.136 e. The normalized spacial score (nSPS) is 29.1. The van der Waals surface area contributed by atoms with Gasteiger partial charge in [-0.2, -0.15) is 0 Å². The number of carbonyl (C=O) groups is 1. The molecule has 81 heavy (non-hydrogen) atoms. The first-order valence-corrected chi connectivity index (χ1v) is 30.3. The van der Waals surface area contributed by atoms with Gasteiger partial charge in [0.25, 0.3) is 0 Å². The second-order valence-electron chi connectivity index (χ2n) is 25.7. The van der Waals surface area contributed by atoms with E-state index in [0.29, 0.717) is 84.2 Å². The number of aliphatic hydroxyl groups excluding tert-OH is 4. The Morgan fingerprint density at radius 1 is 0.605 bits per heavy atom. The maximum Gasteiger partial charge on any atom is 0.136 e. The van der Waals surface area contributed by atoms with E-state index >= 15 is 0 Å². The van der Waals surface area contributed by atoms with E-state index in [2.05, 4.69) is 77.3 Å². The average Bonchev–Trinajstić information content (AvgIpc) is 3.91. The molecule has 6 aliphatic rings. The molecule has 6 aliphatic carbocycles. The zero-order valence-corrected chi connectivity index (χ0v) is 68.9. The molecular weight excluding hydrogens is 1490 g/mol. The van der Waals surface area contributed by atoms with E-state index in [1.807, 2.05) is 70.2 Å². The van der Waals surface area contributed by atoms with Gasteiger partial charge in [-0.15, -0.1) is 0 Å². The summed E-state index contributed by atoms with van der Waals surface area (Å²) in [5.74, 6) is 4.40. The van der Waals surface area contributed by atoms with Crippen molar-refractivity contribution in [2.24, 2.45) is 46.3 Å². The molecule has 6 radical (unpaired) electrons. The van der Waals surface area contributed by atoms with Crippen LogP contribution in [0.15, 0.2) is 120 Å². The molecule has 2 unspecified atom stereocenters. The van der Waals surface area contributed by atoms with Crippen LogP contribution in [0.3, 0.4) is 0 Å². The van der Waals surface area contributed by atoms with Crippen molar-refractivity contribution < 1.29 is 236 Å². The number of fused-ring (bicyclic) bond motifs is 2. The van der Waals surface area contributed by atoms with E-state index in [4.69, 9.17) is 4.52 Å². The van der Waals surface area contributed by atoms with Crippen molar-refractivity contribution in [1.82, 2.24) is 0 Å². The third kappa shape index (κ3) is 25.2. The molecule has 6 fully saturated rings. The van der Waals surface area contributed by atoms with Crippen molar-refractivity contribution in [2.75, 3.05) is 6.61 Å². The van der Waals surface area contributed by atoms with Gasteiger partial charge < -0.3 is 35.2 Å². The molecule has 0 aromatic heterocycles. The predicted molar refractivity (Wildman–Crippen MR) is 310 cm³/mol. The summed E-state index contributed by atoms with van der Waals surface area (Å²) >= 11 is 0. The van der Waals surface area contributed by atoms with Gasteiger partial charge in [0.2, 0.25) is 0 Å². The first-order chi connectivity index (χ1) is 35.4. The van der Waals surface area contributed by atoms with Gasteiger partial charge in [0.1, 0.15) is 5.78 Å². The minimum Gasteiger partial charge on any atom is -0.390 e. The number of hydrogen-bond donors (Lipinski definition) is 6. The minimum atomic E-state index is -0.896. The van der Waals surface area contributed by atoms with E-state index in [1.165, 1.54) is 68.4 Å². The SMILES string of the molecule is C=C1[C@H](O)CC(=C/C=C2\CCC[C@]3(C)C([C@@H](C)CCCC(C)(C)O)CC[C@@H]23)C[C@H]1O.C=C1[C@H](O)CC(=CCOP(c2ccccc2)c2ccccc2)C[C@H]1O.C[C@@H](CCCC(C)(C)O)C1CC[C@H]2C(=O)CCC[C@]12C.[Y].[Y].[Y].[Y].[Y].[Y]. The molecule has 0 bridgehead atoms. The summed E-state index contributed by atoms with van der Waals surface area (Å²) in [6.07, 6.45) is 24.4. The van der Waals surface area contributed by atoms with Gasteiger partial charge in [-0.25, -0.2) is 0 Å². The maximum absolute atomic E-state index is 12.2. The molecule has 6 saturated carbocycles. The summed E-state index contributed by atoms with van der Waals surface area (Å²) in [6, 6.07) is 20.4. The van der Waals surface area contributed by atoms with Crippen LogP contribution in [-0.2, 0) is 206 Å². The van der Waals surface area contributed by atoms with Crippen LogP contribution in [0.4, 0.5) is 0 Å². The Kier molecular flexibility index (Phi) is 41.6. The van der Waals surface area contributed by atoms with Crippen LogP contribution in [-0.4, -0.2) is 78.6 Å². The fourth-order valence-electron chi connectivity index (χ4n) is 14.5.